The summed E-state index contributed by atoms with van der Waals surface area (Å²) in [4.78, 5) is 23.3. The van der Waals surface area contributed by atoms with Gasteiger partial charge in [-0.2, -0.15) is 0 Å². The van der Waals surface area contributed by atoms with Crippen LogP contribution in [0.3, 0.4) is 0 Å². The van der Waals surface area contributed by atoms with Gasteiger partial charge in [0.25, 0.3) is 5.69 Å². The molecule has 2 unspecified atom stereocenters. The molecule has 2 aromatic rings. The number of nitro benzene ring substituents is 1. The van der Waals surface area contributed by atoms with Crippen molar-refractivity contribution in [1.29, 1.82) is 0 Å². The summed E-state index contributed by atoms with van der Waals surface area (Å²) in [7, 11) is -3.88. The number of carbonyl (C=O) groups is 1. The van der Waals surface area contributed by atoms with E-state index in [-0.39, 0.29) is 17.4 Å². The molecule has 0 radical (unpaired) electrons. The number of hydrogen-bond donors (Lipinski definition) is 1. The highest BCUT2D eigenvalue weighted by atomic mass is 32.2. The number of carbonyl (C=O) groups excluding carboxylic acids is 1. The van der Waals surface area contributed by atoms with Crippen molar-refractivity contribution < 1.29 is 18.1 Å². The van der Waals surface area contributed by atoms with Crippen LogP contribution in [-0.2, 0) is 14.8 Å². The molecule has 2 aromatic carbocycles. The summed E-state index contributed by atoms with van der Waals surface area (Å²) >= 11 is 0. The molecule has 0 spiro atoms. The second-order valence-corrected chi connectivity index (χ2v) is 8.46. The highest BCUT2D eigenvalue weighted by molar-refractivity contribution is 7.92. The van der Waals surface area contributed by atoms with E-state index in [9.17, 15) is 23.3 Å². The lowest BCUT2D eigenvalue weighted by Crippen LogP contribution is -2.48. The van der Waals surface area contributed by atoms with E-state index >= 15 is 0 Å². The number of nitro groups is 1. The average Bonchev–Trinajstić information content (AvgIpc) is 2.62. The first-order valence-electron chi connectivity index (χ1n) is 8.62. The Kier molecular flexibility index (Phi) is 6.40. The highest BCUT2D eigenvalue weighted by Gasteiger charge is 2.31. The van der Waals surface area contributed by atoms with Crippen molar-refractivity contribution in [3.05, 3.63) is 69.8 Å². The fourth-order valence-electron chi connectivity index (χ4n) is 2.89. The lowest BCUT2D eigenvalue weighted by atomic mass is 10.1. The number of rotatable bonds is 7. The Morgan fingerprint density at radius 3 is 2.29 bits per heavy atom. The molecule has 2 atom stereocenters. The first-order valence-corrected chi connectivity index (χ1v) is 10.5. The quantitative estimate of drug-likeness (QED) is 0.563. The molecule has 2 rings (SSSR count). The largest absolute Gasteiger partial charge is 0.348 e. The predicted octanol–water partition coefficient (Wildman–Crippen LogP) is 2.94. The van der Waals surface area contributed by atoms with Gasteiger partial charge in [-0.1, -0.05) is 36.4 Å². The van der Waals surface area contributed by atoms with Crippen molar-refractivity contribution in [2.24, 2.45) is 0 Å². The van der Waals surface area contributed by atoms with Crippen molar-refractivity contribution in [2.75, 3.05) is 10.6 Å². The second kappa shape index (κ2) is 8.39. The van der Waals surface area contributed by atoms with Gasteiger partial charge in [-0.25, -0.2) is 8.42 Å². The Bertz CT molecular complexity index is 976. The van der Waals surface area contributed by atoms with Gasteiger partial charge in [0.05, 0.1) is 22.9 Å². The number of nitrogens with zero attached hydrogens (tertiary/aromatic N) is 2. The van der Waals surface area contributed by atoms with Gasteiger partial charge in [0.2, 0.25) is 15.9 Å². The van der Waals surface area contributed by atoms with Crippen LogP contribution < -0.4 is 9.62 Å². The molecule has 1 N–H and O–H groups in total. The lowest BCUT2D eigenvalue weighted by Gasteiger charge is -2.30. The third kappa shape index (κ3) is 4.86. The predicted molar refractivity (Wildman–Crippen MR) is 108 cm³/mol. The third-order valence-corrected chi connectivity index (χ3v) is 5.62. The Morgan fingerprint density at radius 1 is 1.14 bits per heavy atom. The molecule has 28 heavy (non-hydrogen) atoms. The van der Waals surface area contributed by atoms with Crippen LogP contribution in [0.4, 0.5) is 11.4 Å². The number of hydrogen-bond acceptors (Lipinski definition) is 5. The zero-order valence-electron chi connectivity index (χ0n) is 16.1. The van der Waals surface area contributed by atoms with Crippen LogP contribution in [0.25, 0.3) is 0 Å². The van der Waals surface area contributed by atoms with Gasteiger partial charge in [0.1, 0.15) is 6.04 Å². The Hall–Kier alpha value is -2.94. The smallest absolute Gasteiger partial charge is 0.271 e. The van der Waals surface area contributed by atoms with Crippen molar-refractivity contribution >= 4 is 27.3 Å². The molecule has 0 aliphatic carbocycles. The number of amides is 1. The first-order chi connectivity index (χ1) is 13.0. The number of aryl methyl sites for hydroxylation is 1. The van der Waals surface area contributed by atoms with E-state index in [1.54, 1.807) is 13.8 Å². The van der Waals surface area contributed by atoms with Crippen molar-refractivity contribution in [1.82, 2.24) is 5.32 Å². The van der Waals surface area contributed by atoms with Gasteiger partial charge in [0.15, 0.2) is 0 Å². The van der Waals surface area contributed by atoms with Gasteiger partial charge in [0, 0.05) is 12.1 Å². The lowest BCUT2D eigenvalue weighted by molar-refractivity contribution is -0.384. The molecule has 0 saturated heterocycles. The molecule has 0 bridgehead atoms. The van der Waals surface area contributed by atoms with E-state index in [0.29, 0.717) is 5.56 Å². The van der Waals surface area contributed by atoms with Crippen LogP contribution >= 0.6 is 0 Å². The van der Waals surface area contributed by atoms with E-state index in [0.717, 1.165) is 16.1 Å². The van der Waals surface area contributed by atoms with Crippen molar-refractivity contribution in [2.45, 2.75) is 32.9 Å². The third-order valence-electron chi connectivity index (χ3n) is 4.39. The highest BCUT2D eigenvalue weighted by Crippen LogP contribution is 2.29. The maximum atomic E-state index is 12.8. The zero-order chi connectivity index (χ0) is 21.1. The van der Waals surface area contributed by atoms with E-state index in [1.807, 2.05) is 30.3 Å². The number of nitrogens with one attached hydrogen (secondary N) is 1. The summed E-state index contributed by atoms with van der Waals surface area (Å²) in [6.07, 6.45) is 0.968. The minimum absolute atomic E-state index is 0.103. The van der Waals surface area contributed by atoms with E-state index < -0.39 is 26.9 Å². The molecular formula is C19H23N3O5S. The molecule has 0 aliphatic heterocycles. The number of non-ortho nitro benzene ring substituents is 1. The fourth-order valence-corrected chi connectivity index (χ4v) is 4.11. The molecule has 1 amide bonds. The van der Waals surface area contributed by atoms with Crippen LogP contribution in [0.5, 0.6) is 0 Å². The van der Waals surface area contributed by atoms with Gasteiger partial charge in [-0.05, 0) is 31.9 Å². The Balaban J connectivity index is 2.37. The molecule has 150 valence electrons. The molecule has 0 aliphatic rings. The second-order valence-electron chi connectivity index (χ2n) is 6.60. The molecular weight excluding hydrogens is 382 g/mol. The van der Waals surface area contributed by atoms with Crippen LogP contribution in [0.2, 0.25) is 0 Å². The maximum Gasteiger partial charge on any atom is 0.271 e. The van der Waals surface area contributed by atoms with E-state index in [4.69, 9.17) is 0 Å². The van der Waals surface area contributed by atoms with Gasteiger partial charge in [-0.15, -0.1) is 0 Å². The summed E-state index contributed by atoms with van der Waals surface area (Å²) in [5.41, 5.74) is 1.23. The summed E-state index contributed by atoms with van der Waals surface area (Å²) < 4.78 is 25.8. The van der Waals surface area contributed by atoms with Crippen LogP contribution in [0.1, 0.15) is 31.0 Å². The van der Waals surface area contributed by atoms with Crippen LogP contribution in [-0.4, -0.2) is 31.5 Å². The van der Waals surface area contributed by atoms with Crippen molar-refractivity contribution in [3.8, 4) is 0 Å². The van der Waals surface area contributed by atoms with Crippen LogP contribution in [0.15, 0.2) is 48.5 Å². The number of sulfonamides is 1. The minimum atomic E-state index is -3.88. The Labute approximate surface area is 164 Å². The molecule has 0 fully saturated rings. The SMILES string of the molecule is Cc1ccc([N+](=O)[O-])cc1N(C(C)C(=O)NC(C)c1ccccc1)S(C)(=O)=O. The van der Waals surface area contributed by atoms with Crippen LogP contribution in [0, 0.1) is 17.0 Å². The summed E-state index contributed by atoms with van der Waals surface area (Å²) in [5.74, 6) is -0.507. The molecule has 0 saturated carbocycles. The van der Waals surface area contributed by atoms with Gasteiger partial charge < -0.3 is 5.32 Å². The van der Waals surface area contributed by atoms with Crippen molar-refractivity contribution in [3.63, 3.8) is 0 Å². The molecule has 0 aromatic heterocycles. The molecule has 9 heteroatoms. The summed E-state index contributed by atoms with van der Waals surface area (Å²) in [6.45, 7) is 4.88. The minimum Gasteiger partial charge on any atom is -0.348 e. The van der Waals surface area contributed by atoms with Gasteiger partial charge in [-0.3, -0.25) is 19.2 Å². The normalized spacial score (nSPS) is 13.4. The molecule has 0 heterocycles. The zero-order valence-corrected chi connectivity index (χ0v) is 16.9. The topological polar surface area (TPSA) is 110 Å². The number of anilines is 1. The standard InChI is InChI=1S/C19H23N3O5S/c1-13-10-11-17(22(24)25)12-18(13)21(28(4,26)27)15(3)19(23)20-14(2)16-8-6-5-7-9-16/h5-12,14-15H,1-4H3,(H,20,23). The average molecular weight is 405 g/mol. The van der Waals surface area contributed by atoms with E-state index in [1.165, 1.54) is 25.1 Å². The Morgan fingerprint density at radius 2 is 1.75 bits per heavy atom. The van der Waals surface area contributed by atoms with Gasteiger partial charge >= 0.3 is 0 Å². The van der Waals surface area contributed by atoms with E-state index in [2.05, 4.69) is 5.32 Å². The first kappa shape index (κ1) is 21.4. The molecule has 8 nitrogen and oxygen atoms in total. The summed E-state index contributed by atoms with van der Waals surface area (Å²) in [6, 6.07) is 11.8. The monoisotopic (exact) mass is 405 g/mol. The maximum absolute atomic E-state index is 12.8. The summed E-state index contributed by atoms with van der Waals surface area (Å²) in [5, 5.41) is 13.9. The fraction of sp³-hybridized carbons (Fsp3) is 0.316. The number of benzene rings is 2.